The molecule has 0 aromatic heterocycles. The zero-order valence-corrected chi connectivity index (χ0v) is 5.79. The zero-order valence-electron chi connectivity index (χ0n) is 5.79. The van der Waals surface area contributed by atoms with Crippen molar-refractivity contribution in [2.45, 2.75) is 7.43 Å². The molecule has 11 heavy (non-hydrogen) atoms. The minimum atomic E-state index is -0.578. The van der Waals surface area contributed by atoms with Crippen molar-refractivity contribution in [3.63, 3.8) is 0 Å². The maximum Gasteiger partial charge on any atom is 0.330 e. The van der Waals surface area contributed by atoms with E-state index in [1.165, 1.54) is 14.2 Å². The van der Waals surface area contributed by atoms with Crippen molar-refractivity contribution < 1.29 is 19.1 Å². The van der Waals surface area contributed by atoms with E-state index in [9.17, 15) is 9.59 Å². The first-order chi connectivity index (χ1) is 4.70. The van der Waals surface area contributed by atoms with Crippen LogP contribution in [-0.2, 0) is 19.1 Å². The van der Waals surface area contributed by atoms with Crippen molar-refractivity contribution in [3.05, 3.63) is 12.2 Å². The Balaban J connectivity index is 0. The van der Waals surface area contributed by atoms with Gasteiger partial charge in [-0.1, -0.05) is 7.43 Å². The van der Waals surface area contributed by atoms with Gasteiger partial charge in [0.2, 0.25) is 0 Å². The summed E-state index contributed by atoms with van der Waals surface area (Å²) in [7, 11) is 2.45. The van der Waals surface area contributed by atoms with E-state index in [0.29, 0.717) is 0 Å². The predicted molar refractivity (Wildman–Crippen MR) is 39.9 cm³/mol. The van der Waals surface area contributed by atoms with Crippen molar-refractivity contribution in [1.82, 2.24) is 0 Å². The summed E-state index contributed by atoms with van der Waals surface area (Å²) in [6.45, 7) is 0. The van der Waals surface area contributed by atoms with Crippen LogP contribution in [0.3, 0.4) is 0 Å². The highest BCUT2D eigenvalue weighted by Gasteiger charge is 1.94. The number of esters is 2. The minimum Gasteiger partial charge on any atom is -0.466 e. The van der Waals surface area contributed by atoms with Gasteiger partial charge < -0.3 is 9.47 Å². The number of ether oxygens (including phenoxy) is 2. The van der Waals surface area contributed by atoms with E-state index >= 15 is 0 Å². The molecule has 0 aromatic carbocycles. The summed E-state index contributed by atoms with van der Waals surface area (Å²) in [4.78, 5) is 20.6. The second-order valence-electron chi connectivity index (χ2n) is 1.38. The molecule has 0 saturated carbocycles. The van der Waals surface area contributed by atoms with Gasteiger partial charge in [-0.2, -0.15) is 0 Å². The summed E-state index contributed by atoms with van der Waals surface area (Å²) in [6.07, 6.45) is 1.98. The molecule has 0 spiro atoms. The molecular formula is C7H12O4. The van der Waals surface area contributed by atoms with Crippen molar-refractivity contribution >= 4 is 11.9 Å². The third-order valence-corrected chi connectivity index (χ3v) is 0.758. The Morgan fingerprint density at radius 3 is 1.45 bits per heavy atom. The molecule has 0 aliphatic heterocycles. The highest BCUT2D eigenvalue weighted by Crippen LogP contribution is 1.80. The van der Waals surface area contributed by atoms with Gasteiger partial charge in [0.1, 0.15) is 0 Å². The Bertz CT molecular complexity index is 142. The molecule has 0 fully saturated rings. The molecule has 0 rings (SSSR count). The maximum atomic E-state index is 10.3. The number of hydrogen-bond acceptors (Lipinski definition) is 4. The Morgan fingerprint density at radius 1 is 1.00 bits per heavy atom. The highest BCUT2D eigenvalue weighted by atomic mass is 16.5. The van der Waals surface area contributed by atoms with Crippen LogP contribution in [0.25, 0.3) is 0 Å². The summed E-state index contributed by atoms with van der Waals surface area (Å²) in [5.74, 6) is -1.16. The van der Waals surface area contributed by atoms with Gasteiger partial charge in [0.05, 0.1) is 14.2 Å². The third-order valence-electron chi connectivity index (χ3n) is 0.758. The van der Waals surface area contributed by atoms with Gasteiger partial charge in [0.15, 0.2) is 0 Å². The minimum absolute atomic E-state index is 0. The molecule has 0 aromatic rings. The van der Waals surface area contributed by atoms with Gasteiger partial charge in [-0.05, 0) is 0 Å². The van der Waals surface area contributed by atoms with Gasteiger partial charge in [-0.15, -0.1) is 0 Å². The van der Waals surface area contributed by atoms with Gasteiger partial charge in [-0.3, -0.25) is 0 Å². The quantitative estimate of drug-likeness (QED) is 0.436. The molecule has 0 saturated heterocycles. The first kappa shape index (κ1) is 12.4. The maximum absolute atomic E-state index is 10.3. The number of hydrogen-bond donors (Lipinski definition) is 0. The Morgan fingerprint density at radius 2 is 1.27 bits per heavy atom. The van der Waals surface area contributed by atoms with E-state index in [1.54, 1.807) is 0 Å². The summed E-state index contributed by atoms with van der Waals surface area (Å²) in [6, 6.07) is 0. The Hall–Kier alpha value is -1.32. The fraction of sp³-hybridized carbons (Fsp3) is 0.429. The van der Waals surface area contributed by atoms with E-state index in [-0.39, 0.29) is 7.43 Å². The topological polar surface area (TPSA) is 52.6 Å². The molecule has 0 bridgehead atoms. The van der Waals surface area contributed by atoms with Crippen molar-refractivity contribution in [1.29, 1.82) is 0 Å². The summed E-state index contributed by atoms with van der Waals surface area (Å²) >= 11 is 0. The van der Waals surface area contributed by atoms with Crippen LogP contribution >= 0.6 is 0 Å². The summed E-state index contributed by atoms with van der Waals surface area (Å²) in [5, 5.41) is 0. The second-order valence-corrected chi connectivity index (χ2v) is 1.38. The van der Waals surface area contributed by atoms with Crippen LogP contribution < -0.4 is 0 Å². The SMILES string of the molecule is C.COC(=O)/C=C/C(=O)OC. The van der Waals surface area contributed by atoms with Gasteiger partial charge in [-0.25, -0.2) is 9.59 Å². The molecule has 0 unspecified atom stereocenters. The van der Waals surface area contributed by atoms with E-state index < -0.39 is 11.9 Å². The normalized spacial score (nSPS) is 8.55. The first-order valence-corrected chi connectivity index (χ1v) is 2.54. The average Bonchev–Trinajstić information content (AvgIpc) is 1.99. The molecule has 0 radical (unpaired) electrons. The largest absolute Gasteiger partial charge is 0.466 e. The fourth-order valence-corrected chi connectivity index (χ4v) is 0.272. The summed E-state index contributed by atoms with van der Waals surface area (Å²) in [5.41, 5.74) is 0. The predicted octanol–water partition coefficient (Wildman–Crippen LogP) is 0.525. The van der Waals surface area contributed by atoms with Crippen molar-refractivity contribution in [2.24, 2.45) is 0 Å². The van der Waals surface area contributed by atoms with Crippen LogP contribution in [0, 0.1) is 0 Å². The van der Waals surface area contributed by atoms with Crippen LogP contribution in [0.15, 0.2) is 12.2 Å². The Kier molecular flexibility index (Phi) is 7.64. The number of carbonyl (C=O) groups is 2. The lowest BCUT2D eigenvalue weighted by molar-refractivity contribution is -0.137. The van der Waals surface area contributed by atoms with Crippen LogP contribution in [0.2, 0.25) is 0 Å². The van der Waals surface area contributed by atoms with Crippen LogP contribution in [0.4, 0.5) is 0 Å². The van der Waals surface area contributed by atoms with E-state index in [2.05, 4.69) is 9.47 Å². The van der Waals surface area contributed by atoms with Crippen molar-refractivity contribution in [2.75, 3.05) is 14.2 Å². The molecule has 4 nitrogen and oxygen atoms in total. The molecule has 4 heteroatoms. The van der Waals surface area contributed by atoms with Crippen LogP contribution in [0.5, 0.6) is 0 Å². The highest BCUT2D eigenvalue weighted by molar-refractivity contribution is 5.91. The van der Waals surface area contributed by atoms with Gasteiger partial charge in [0.25, 0.3) is 0 Å². The molecule has 64 valence electrons. The van der Waals surface area contributed by atoms with Gasteiger partial charge >= 0.3 is 11.9 Å². The smallest absolute Gasteiger partial charge is 0.330 e. The standard InChI is InChI=1S/C6H8O4.CH4/c1-9-5(7)3-4-6(8)10-2;/h3-4H,1-2H3;1H4/b4-3+;. The van der Waals surface area contributed by atoms with Crippen molar-refractivity contribution in [3.8, 4) is 0 Å². The number of rotatable bonds is 2. The van der Waals surface area contributed by atoms with E-state index in [1.807, 2.05) is 0 Å². The lowest BCUT2D eigenvalue weighted by Gasteiger charge is -1.89. The number of methoxy groups -OCH3 is 2. The van der Waals surface area contributed by atoms with E-state index in [4.69, 9.17) is 0 Å². The zero-order chi connectivity index (χ0) is 7.98. The molecule has 0 amide bonds. The van der Waals surface area contributed by atoms with E-state index in [0.717, 1.165) is 12.2 Å². The molecule has 0 N–H and O–H groups in total. The van der Waals surface area contributed by atoms with Crippen LogP contribution in [0.1, 0.15) is 7.43 Å². The lowest BCUT2D eigenvalue weighted by atomic mass is 10.5. The molecule has 0 heterocycles. The van der Waals surface area contributed by atoms with Crippen LogP contribution in [-0.4, -0.2) is 26.2 Å². The Labute approximate surface area is 65.8 Å². The number of carbonyl (C=O) groups excluding carboxylic acids is 2. The average molecular weight is 160 g/mol. The lowest BCUT2D eigenvalue weighted by Crippen LogP contribution is -1.98. The molecule has 0 aliphatic rings. The third kappa shape index (κ3) is 6.57. The molecular weight excluding hydrogens is 148 g/mol. The second kappa shape index (κ2) is 6.80. The molecule has 0 atom stereocenters. The fourth-order valence-electron chi connectivity index (χ4n) is 0.272. The molecule has 0 aliphatic carbocycles. The first-order valence-electron chi connectivity index (χ1n) is 2.54. The van der Waals surface area contributed by atoms with Gasteiger partial charge in [0, 0.05) is 12.2 Å². The summed E-state index contributed by atoms with van der Waals surface area (Å²) < 4.78 is 8.42. The monoisotopic (exact) mass is 160 g/mol.